The van der Waals surface area contributed by atoms with Crippen LogP contribution < -0.4 is 0 Å². The van der Waals surface area contributed by atoms with Crippen LogP contribution in [0, 0.1) is 0 Å². The van der Waals surface area contributed by atoms with Crippen molar-refractivity contribution in [1.82, 2.24) is 5.06 Å². The van der Waals surface area contributed by atoms with Gasteiger partial charge in [-0.25, -0.2) is 4.84 Å². The van der Waals surface area contributed by atoms with Crippen molar-refractivity contribution in [1.29, 1.82) is 0 Å². The second-order valence-corrected chi connectivity index (χ2v) is 4.44. The molecule has 0 saturated heterocycles. The van der Waals surface area contributed by atoms with Gasteiger partial charge in [0.05, 0.1) is 0 Å². The molecule has 13 heteroatoms. The molecule has 0 aliphatic carbocycles. The molecule has 0 aliphatic rings. The molecule has 0 radical (unpaired) electrons. The highest BCUT2D eigenvalue weighted by atomic mass is 79.9. The molecule has 0 aromatic rings. The fourth-order valence-electron chi connectivity index (χ4n) is 0.414. The van der Waals surface area contributed by atoms with Crippen LogP contribution in [0.5, 0.6) is 0 Å². The van der Waals surface area contributed by atoms with E-state index in [1.165, 1.54) is 15.9 Å². The first kappa shape index (κ1) is 17.1. The lowest BCUT2D eigenvalue weighted by molar-refractivity contribution is -0.499. The average Bonchev–Trinajstić information content (AvgIpc) is 1.93. The van der Waals surface area contributed by atoms with Crippen LogP contribution in [0.1, 0.15) is 0 Å². The molecule has 1 unspecified atom stereocenters. The van der Waals surface area contributed by atoms with Gasteiger partial charge in [0, 0.05) is 5.06 Å². The molecule has 0 saturated carbocycles. The Hall–Kier alpha value is 0.0600. The molecule has 0 fully saturated rings. The van der Waals surface area contributed by atoms with Gasteiger partial charge in [-0.05, 0) is 15.9 Å². The lowest BCUT2D eigenvalue weighted by atomic mass is 10.7. The van der Waals surface area contributed by atoms with Gasteiger partial charge >= 0.3 is 22.7 Å². The van der Waals surface area contributed by atoms with Crippen LogP contribution in [0.3, 0.4) is 0 Å². The molecule has 0 spiro atoms. The molecule has 0 aromatic carbocycles. The Labute approximate surface area is 100 Å². The lowest BCUT2D eigenvalue weighted by Crippen LogP contribution is -2.53. The Bertz CT molecular complexity index is 256. The van der Waals surface area contributed by atoms with Crippen molar-refractivity contribution in [3.63, 3.8) is 0 Å². The van der Waals surface area contributed by atoms with E-state index in [9.17, 15) is 39.5 Å². The van der Waals surface area contributed by atoms with Gasteiger partial charge in [-0.3, -0.25) is 0 Å². The smallest absolute Gasteiger partial charge is 0.239 e. The molecular weight excluding hydrogens is 364 g/mol. The summed E-state index contributed by atoms with van der Waals surface area (Å²) < 4.78 is 102. The molecule has 0 heterocycles. The molecule has 0 aliphatic heterocycles. The summed E-state index contributed by atoms with van der Waals surface area (Å²) in [6.45, 7) is 0. The highest BCUT2D eigenvalue weighted by molar-refractivity contribution is 9.10. The van der Waals surface area contributed by atoms with E-state index in [0.29, 0.717) is 0 Å². The first-order chi connectivity index (χ1) is 7.09. The number of hydrogen-bond acceptors (Lipinski definition) is 2. The highest BCUT2D eigenvalue weighted by Gasteiger charge is 2.64. The second-order valence-electron chi connectivity index (χ2n) is 2.34. The first-order valence-electron chi connectivity index (χ1n) is 3.16. The van der Waals surface area contributed by atoms with Crippen molar-refractivity contribution in [2.75, 3.05) is 0 Å². The van der Waals surface area contributed by atoms with Crippen LogP contribution in [-0.4, -0.2) is 27.8 Å². The molecule has 0 aromatic heterocycles. The Morgan fingerprint density at radius 2 is 1.12 bits per heavy atom. The number of hydrogen-bond donors (Lipinski definition) is 0. The lowest BCUT2D eigenvalue weighted by Gasteiger charge is -2.31. The topological polar surface area (TPSA) is 12.5 Å². The van der Waals surface area contributed by atoms with E-state index in [4.69, 9.17) is 0 Å². The molecule has 0 bridgehead atoms. The van der Waals surface area contributed by atoms with Crippen LogP contribution >= 0.6 is 27.5 Å². The van der Waals surface area contributed by atoms with Gasteiger partial charge in [0.2, 0.25) is 0 Å². The standard InChI is InChI=1S/C4BrClF9NO/c5-1(6,2(7,8)9)17-16(3(10,11)12)4(13,14)15. The van der Waals surface area contributed by atoms with Crippen LogP contribution in [0.4, 0.5) is 39.5 Å². The fourth-order valence-corrected chi connectivity index (χ4v) is 0.627. The fraction of sp³-hybridized carbons (Fsp3) is 1.00. The summed E-state index contributed by atoms with van der Waals surface area (Å²) in [5.74, 6) is 0. The zero-order valence-electron chi connectivity index (χ0n) is 7.01. The van der Waals surface area contributed by atoms with Gasteiger partial charge in [0.1, 0.15) is 0 Å². The van der Waals surface area contributed by atoms with Crippen molar-refractivity contribution in [2.24, 2.45) is 0 Å². The van der Waals surface area contributed by atoms with Crippen LogP contribution in [0.2, 0.25) is 0 Å². The Kier molecular flexibility index (Phi) is 4.64. The minimum Gasteiger partial charge on any atom is -0.239 e. The summed E-state index contributed by atoms with van der Waals surface area (Å²) in [7, 11) is 0. The molecule has 1 atom stereocenters. The maximum atomic E-state index is 11.9. The number of hydroxylamine groups is 2. The Balaban J connectivity index is 5.17. The Morgan fingerprint density at radius 3 is 1.29 bits per heavy atom. The van der Waals surface area contributed by atoms with Crippen molar-refractivity contribution < 1.29 is 44.4 Å². The maximum Gasteiger partial charge on any atom is 0.490 e. The minimum absolute atomic E-state index is 1.36. The van der Waals surface area contributed by atoms with E-state index in [2.05, 4.69) is 16.4 Å². The maximum absolute atomic E-state index is 11.9. The summed E-state index contributed by atoms with van der Waals surface area (Å²) in [4.78, 5) is 2.67. The van der Waals surface area contributed by atoms with Crippen molar-refractivity contribution in [2.45, 2.75) is 22.7 Å². The van der Waals surface area contributed by atoms with E-state index in [0.717, 1.165) is 0 Å². The van der Waals surface area contributed by atoms with Gasteiger partial charge < -0.3 is 0 Å². The second kappa shape index (κ2) is 4.63. The Morgan fingerprint density at radius 1 is 0.824 bits per heavy atom. The van der Waals surface area contributed by atoms with Gasteiger partial charge in [0.15, 0.2) is 0 Å². The van der Waals surface area contributed by atoms with E-state index < -0.39 is 27.8 Å². The number of alkyl halides is 11. The third-order valence-corrected chi connectivity index (χ3v) is 1.87. The monoisotopic (exact) mass is 363 g/mol. The summed E-state index contributed by atoms with van der Waals surface area (Å²) >= 11 is 5.71. The molecule has 2 nitrogen and oxygen atoms in total. The third kappa shape index (κ3) is 4.67. The van der Waals surface area contributed by atoms with Crippen LogP contribution in [0.15, 0.2) is 0 Å². The van der Waals surface area contributed by atoms with E-state index in [1.807, 2.05) is 0 Å². The molecule has 0 amide bonds. The number of halogens is 11. The summed E-state index contributed by atoms with van der Waals surface area (Å²) in [5.41, 5.74) is 0. The van der Waals surface area contributed by atoms with Gasteiger partial charge in [-0.15, -0.1) is 0 Å². The summed E-state index contributed by atoms with van der Waals surface area (Å²) in [6, 6.07) is 0. The SMILES string of the molecule is FC(F)(F)N(OC(Cl)(Br)C(F)(F)F)C(F)(F)F. The van der Waals surface area contributed by atoms with Crippen LogP contribution in [-0.2, 0) is 4.84 Å². The molecule has 0 N–H and O–H groups in total. The van der Waals surface area contributed by atoms with E-state index >= 15 is 0 Å². The number of nitrogens with zero attached hydrogens (tertiary/aromatic N) is 1. The molecule has 17 heavy (non-hydrogen) atoms. The first-order valence-corrected chi connectivity index (χ1v) is 4.33. The quantitative estimate of drug-likeness (QED) is 0.316. The van der Waals surface area contributed by atoms with E-state index in [-0.39, 0.29) is 0 Å². The van der Waals surface area contributed by atoms with Gasteiger partial charge in [0.25, 0.3) is 0 Å². The summed E-state index contributed by atoms with van der Waals surface area (Å²) in [6.07, 6.45) is -18.2. The largest absolute Gasteiger partial charge is 0.490 e. The van der Waals surface area contributed by atoms with Crippen LogP contribution in [0.25, 0.3) is 0 Å². The van der Waals surface area contributed by atoms with Crippen molar-refractivity contribution in [3.05, 3.63) is 0 Å². The minimum atomic E-state index is -6.25. The van der Waals surface area contributed by atoms with Crippen molar-refractivity contribution in [3.8, 4) is 0 Å². The van der Waals surface area contributed by atoms with E-state index in [1.54, 1.807) is 0 Å². The molecule has 0 rings (SSSR count). The average molecular weight is 364 g/mol. The van der Waals surface area contributed by atoms with Gasteiger partial charge in [-0.1, -0.05) is 11.6 Å². The zero-order chi connectivity index (χ0) is 14.3. The zero-order valence-corrected chi connectivity index (χ0v) is 9.35. The van der Waals surface area contributed by atoms with Gasteiger partial charge in [-0.2, -0.15) is 39.5 Å². The normalized spacial score (nSPS) is 18.4. The van der Waals surface area contributed by atoms with Crippen molar-refractivity contribution >= 4 is 27.5 Å². The predicted molar refractivity (Wildman–Crippen MR) is 38.6 cm³/mol. The molecular formula is C4BrClF9NO. The number of rotatable bonds is 2. The summed E-state index contributed by atoms with van der Waals surface area (Å²) in [5, 5.41) is -2.77. The highest BCUT2D eigenvalue weighted by Crippen LogP contribution is 2.46. The molecule has 104 valence electrons. The predicted octanol–water partition coefficient (Wildman–Crippen LogP) is 4.11. The third-order valence-electron chi connectivity index (χ3n) is 0.997.